The predicted octanol–water partition coefficient (Wildman–Crippen LogP) is 4.54. The number of carbonyl (C=O) groups excluding carboxylic acids is 1. The first-order chi connectivity index (χ1) is 19.6. The fourth-order valence-corrected chi connectivity index (χ4v) is 6.63. The molecule has 1 aliphatic carbocycles. The van der Waals surface area contributed by atoms with E-state index in [1.807, 2.05) is 53.7 Å². The summed E-state index contributed by atoms with van der Waals surface area (Å²) in [4.78, 5) is 12.4. The number of esters is 1. The van der Waals surface area contributed by atoms with E-state index in [0.29, 0.717) is 0 Å². The van der Waals surface area contributed by atoms with E-state index in [9.17, 15) is 25.2 Å². The van der Waals surface area contributed by atoms with E-state index in [2.05, 4.69) is 0 Å². The lowest BCUT2D eigenvalue weighted by Crippen LogP contribution is -2.52. The first kappa shape index (κ1) is 41.1. The highest BCUT2D eigenvalue weighted by Crippen LogP contribution is 2.41. The molecular weight excluding hydrogens is 689 g/mol. The normalized spacial score (nSPS) is 27.4. The zero-order valence-electron chi connectivity index (χ0n) is 25.0. The molecule has 6 N–H and O–H groups in total. The van der Waals surface area contributed by atoms with E-state index < -0.39 is 75.9 Å². The fraction of sp³-hybridized carbons (Fsp3) is 0.759. The zero-order valence-corrected chi connectivity index (χ0v) is 29.6. The topological polar surface area (TPSA) is 148 Å². The van der Waals surface area contributed by atoms with Crippen molar-refractivity contribution in [3.63, 3.8) is 0 Å². The molecule has 43 heavy (non-hydrogen) atoms. The van der Waals surface area contributed by atoms with Gasteiger partial charge < -0.3 is 35.4 Å². The Hall–Kier alpha value is 0.0300. The maximum atomic E-state index is 12.4. The lowest BCUT2D eigenvalue weighted by Gasteiger charge is -2.37. The summed E-state index contributed by atoms with van der Waals surface area (Å²) in [5.41, 5.74) is 1.71. The molecule has 1 saturated carbocycles. The molecule has 2 rings (SSSR count). The summed E-state index contributed by atoms with van der Waals surface area (Å²) in [5, 5.41) is 55.7. The highest BCUT2D eigenvalue weighted by atomic mass is 35.5. The van der Waals surface area contributed by atoms with Crippen molar-refractivity contribution < 1.29 is 40.2 Å². The molecule has 0 aliphatic heterocycles. The molecule has 1 fully saturated rings. The molecule has 14 heteroatoms. The van der Waals surface area contributed by atoms with Gasteiger partial charge in [0.1, 0.15) is 24.1 Å². The van der Waals surface area contributed by atoms with Gasteiger partial charge in [0.05, 0.1) is 45.5 Å². The van der Waals surface area contributed by atoms with Crippen LogP contribution in [0.25, 0.3) is 0 Å². The van der Waals surface area contributed by atoms with Crippen molar-refractivity contribution in [3.8, 4) is 5.75 Å². The van der Waals surface area contributed by atoms with E-state index in [1.54, 1.807) is 0 Å². The van der Waals surface area contributed by atoms with Crippen LogP contribution in [-0.4, -0.2) is 107 Å². The molecular formula is C29H44Cl6O8. The van der Waals surface area contributed by atoms with Crippen LogP contribution in [0.2, 0.25) is 0 Å². The van der Waals surface area contributed by atoms with Gasteiger partial charge >= 0.3 is 5.97 Å². The Morgan fingerprint density at radius 1 is 0.744 bits per heavy atom. The lowest BCUT2D eigenvalue weighted by atomic mass is 9.78. The van der Waals surface area contributed by atoms with Crippen LogP contribution in [0, 0.1) is 0 Å². The number of hydrogen-bond donors (Lipinski definition) is 6. The Morgan fingerprint density at radius 2 is 1.09 bits per heavy atom. The minimum absolute atomic E-state index is 0.0888. The van der Waals surface area contributed by atoms with Crippen LogP contribution in [-0.2, 0) is 26.8 Å². The van der Waals surface area contributed by atoms with Gasteiger partial charge in [-0.2, -0.15) is 0 Å². The summed E-state index contributed by atoms with van der Waals surface area (Å²) in [7, 11) is 0. The van der Waals surface area contributed by atoms with Crippen molar-refractivity contribution in [2.75, 3.05) is 13.2 Å². The van der Waals surface area contributed by atoms with Crippen molar-refractivity contribution in [3.05, 3.63) is 28.8 Å². The molecule has 1 aromatic rings. The number of phenols is 1. The Labute approximate surface area is 284 Å². The summed E-state index contributed by atoms with van der Waals surface area (Å²) in [6.45, 7) is 10.3. The smallest absolute Gasteiger partial charge is 0.306 e. The number of benzene rings is 1. The van der Waals surface area contributed by atoms with Gasteiger partial charge in [-0.1, -0.05) is 53.7 Å². The van der Waals surface area contributed by atoms with Gasteiger partial charge in [-0.3, -0.25) is 4.79 Å². The molecule has 0 radical (unpaired) electrons. The largest absolute Gasteiger partial charge is 0.507 e. The number of rotatable bonds is 9. The van der Waals surface area contributed by atoms with Crippen LogP contribution in [0.15, 0.2) is 12.1 Å². The average Bonchev–Trinajstić information content (AvgIpc) is 2.94. The monoisotopic (exact) mass is 730 g/mol. The van der Waals surface area contributed by atoms with Crippen LogP contribution in [0.5, 0.6) is 5.75 Å². The number of phenolic OH excluding ortho intramolecular Hbond substituents is 1. The molecule has 0 amide bonds. The van der Waals surface area contributed by atoms with Gasteiger partial charge in [0.2, 0.25) is 0 Å². The second kappa shape index (κ2) is 17.3. The Balaban J connectivity index is 0.000000639. The molecule has 0 heterocycles. The number of hydrogen-bond acceptors (Lipinski definition) is 8. The third kappa shape index (κ3) is 11.4. The Kier molecular flexibility index (Phi) is 16.5. The number of aromatic hydroxyl groups is 1. The van der Waals surface area contributed by atoms with Gasteiger partial charge in [0.15, 0.2) is 6.10 Å². The standard InChI is InChI=1S/C23H38O8.C6H6Cl6/c1-22(2,3)14-9-13(10-15(19(14)29)23(4,5)6)7-8-18(28)31-21(17(27)12-25)20(30)16(26)11-24;7-1-2(8)4(10)6(12)5(11)3(1)9/h9-10,16-17,20-21,24-27,29-30H,7-8,11-12H2,1-6H3;1-6H/t16-,17+,20+,21+;1-,2-,3-,4+,5+,6+/m0./s1. The second-order valence-corrected chi connectivity index (χ2v) is 15.7. The SMILES string of the molecule is CC(C)(C)c1cc(CCC(=O)O[C@@H]([C@H](O)[C@@H](O)CO)[C@H](O)CO)cc(C(C)(C)C)c1O.Cl[C@H]1[C@H](Cl)[C@@H](Cl)[C@@H](Cl)[C@H](Cl)[C@H]1Cl. The van der Waals surface area contributed by atoms with E-state index in [-0.39, 0.29) is 29.4 Å². The summed E-state index contributed by atoms with van der Waals surface area (Å²) >= 11 is 35.3. The number of aliphatic hydroxyl groups is 5. The van der Waals surface area contributed by atoms with Gasteiger partial charge in [0.25, 0.3) is 0 Å². The maximum Gasteiger partial charge on any atom is 0.306 e. The van der Waals surface area contributed by atoms with Gasteiger partial charge in [-0.15, -0.1) is 69.6 Å². The van der Waals surface area contributed by atoms with Crippen molar-refractivity contribution in [2.45, 2.75) is 122 Å². The summed E-state index contributed by atoms with van der Waals surface area (Å²) in [6.07, 6.45) is -6.41. The average molecular weight is 733 g/mol. The van der Waals surface area contributed by atoms with Crippen molar-refractivity contribution in [1.82, 2.24) is 0 Å². The number of halogens is 6. The van der Waals surface area contributed by atoms with Crippen molar-refractivity contribution in [2.24, 2.45) is 0 Å². The van der Waals surface area contributed by atoms with Crippen LogP contribution >= 0.6 is 69.6 Å². The summed E-state index contributed by atoms with van der Waals surface area (Å²) in [5.74, 6) is -0.511. The van der Waals surface area contributed by atoms with Crippen LogP contribution < -0.4 is 0 Å². The number of carbonyl (C=O) groups is 1. The summed E-state index contributed by atoms with van der Waals surface area (Å²) < 4.78 is 5.11. The molecule has 0 saturated heterocycles. The van der Waals surface area contributed by atoms with Gasteiger partial charge in [-0.25, -0.2) is 0 Å². The second-order valence-electron chi connectivity index (χ2n) is 12.7. The minimum Gasteiger partial charge on any atom is -0.507 e. The van der Waals surface area contributed by atoms with E-state index in [1.165, 1.54) is 0 Å². The van der Waals surface area contributed by atoms with E-state index in [4.69, 9.17) is 84.6 Å². The molecule has 0 spiro atoms. The van der Waals surface area contributed by atoms with Gasteiger partial charge in [-0.05, 0) is 33.9 Å². The zero-order chi connectivity index (χ0) is 33.6. The molecule has 1 aromatic carbocycles. The number of ether oxygens (including phenoxy) is 1. The van der Waals surface area contributed by atoms with E-state index in [0.717, 1.165) is 16.7 Å². The molecule has 0 unspecified atom stereocenters. The number of alkyl halides is 6. The van der Waals surface area contributed by atoms with Crippen molar-refractivity contribution >= 4 is 75.6 Å². The first-order valence-corrected chi connectivity index (χ1v) is 16.4. The predicted molar refractivity (Wildman–Crippen MR) is 174 cm³/mol. The fourth-order valence-electron chi connectivity index (χ4n) is 4.30. The highest BCUT2D eigenvalue weighted by Gasteiger charge is 2.47. The van der Waals surface area contributed by atoms with Crippen LogP contribution in [0.3, 0.4) is 0 Å². The van der Waals surface area contributed by atoms with E-state index >= 15 is 0 Å². The molecule has 8 nitrogen and oxygen atoms in total. The Morgan fingerprint density at radius 3 is 1.40 bits per heavy atom. The minimum atomic E-state index is -1.76. The molecule has 0 bridgehead atoms. The highest BCUT2D eigenvalue weighted by molar-refractivity contribution is 6.45. The molecule has 250 valence electrons. The summed E-state index contributed by atoms with van der Waals surface area (Å²) in [6, 6.07) is 3.70. The number of aryl methyl sites for hydroxylation is 1. The third-order valence-electron chi connectivity index (χ3n) is 6.98. The quantitative estimate of drug-likeness (QED) is 0.160. The van der Waals surface area contributed by atoms with Crippen molar-refractivity contribution in [1.29, 1.82) is 0 Å². The molecule has 1 aliphatic rings. The van der Waals surface area contributed by atoms with Gasteiger partial charge in [0, 0.05) is 6.42 Å². The Bertz CT molecular complexity index is 940. The number of aliphatic hydroxyl groups excluding tert-OH is 5. The third-order valence-corrected chi connectivity index (χ3v) is 11.0. The first-order valence-electron chi connectivity index (χ1n) is 13.8. The lowest BCUT2D eigenvalue weighted by molar-refractivity contribution is -0.177. The van der Waals surface area contributed by atoms with Crippen LogP contribution in [0.1, 0.15) is 64.7 Å². The van der Waals surface area contributed by atoms with Crippen LogP contribution in [0.4, 0.5) is 0 Å². The molecule has 0 aromatic heterocycles. The molecule has 4 atom stereocenters. The maximum absolute atomic E-state index is 12.4.